The Kier molecular flexibility index (Phi) is 4.63. The van der Waals surface area contributed by atoms with Crippen LogP contribution in [0.5, 0.6) is 0 Å². The largest absolute Gasteiger partial charge is 0.329 e. The highest BCUT2D eigenvalue weighted by molar-refractivity contribution is 5.15. The zero-order chi connectivity index (χ0) is 14.7. The van der Waals surface area contributed by atoms with Crippen molar-refractivity contribution in [2.24, 2.45) is 5.73 Å². The van der Waals surface area contributed by atoms with Gasteiger partial charge in [0.2, 0.25) is 0 Å². The molecule has 0 amide bonds. The summed E-state index contributed by atoms with van der Waals surface area (Å²) in [6.07, 6.45) is 6.63. The van der Waals surface area contributed by atoms with Crippen molar-refractivity contribution in [3.8, 4) is 0 Å². The van der Waals surface area contributed by atoms with Crippen LogP contribution < -0.4 is 5.73 Å². The molecule has 3 heteroatoms. The van der Waals surface area contributed by atoms with E-state index < -0.39 is 0 Å². The molecule has 2 aliphatic rings. The topological polar surface area (TPSA) is 32.5 Å². The summed E-state index contributed by atoms with van der Waals surface area (Å²) in [6, 6.07) is 11.6. The summed E-state index contributed by atoms with van der Waals surface area (Å²) in [5.41, 5.74) is 7.85. The second kappa shape index (κ2) is 6.47. The minimum absolute atomic E-state index is 0.193. The quantitative estimate of drug-likeness (QED) is 0.903. The van der Waals surface area contributed by atoms with E-state index in [1.54, 1.807) is 0 Å². The lowest BCUT2D eigenvalue weighted by atomic mass is 9.82. The van der Waals surface area contributed by atoms with Gasteiger partial charge in [-0.25, -0.2) is 0 Å². The number of hydrogen-bond donors (Lipinski definition) is 1. The summed E-state index contributed by atoms with van der Waals surface area (Å²) in [7, 11) is 2.31. The van der Waals surface area contributed by atoms with Crippen molar-refractivity contribution in [2.45, 2.75) is 50.2 Å². The highest BCUT2D eigenvalue weighted by Gasteiger charge is 2.41. The van der Waals surface area contributed by atoms with Gasteiger partial charge in [-0.15, -0.1) is 0 Å². The van der Waals surface area contributed by atoms with Gasteiger partial charge in [-0.3, -0.25) is 9.80 Å². The molecule has 0 bridgehead atoms. The Morgan fingerprint density at radius 2 is 2.00 bits per heavy atom. The van der Waals surface area contributed by atoms with E-state index in [2.05, 4.69) is 47.2 Å². The van der Waals surface area contributed by atoms with Crippen molar-refractivity contribution in [3.05, 3.63) is 35.9 Å². The van der Waals surface area contributed by atoms with Crippen LogP contribution in [0, 0.1) is 0 Å². The molecule has 21 heavy (non-hydrogen) atoms. The molecule has 1 aliphatic heterocycles. The minimum Gasteiger partial charge on any atom is -0.329 e. The van der Waals surface area contributed by atoms with Crippen LogP contribution in [0.4, 0.5) is 0 Å². The van der Waals surface area contributed by atoms with Gasteiger partial charge < -0.3 is 5.73 Å². The maximum Gasteiger partial charge on any atom is 0.0458 e. The van der Waals surface area contributed by atoms with Crippen LogP contribution in [0.3, 0.4) is 0 Å². The predicted octanol–water partition coefficient (Wildman–Crippen LogP) is 2.46. The predicted molar refractivity (Wildman–Crippen MR) is 88.1 cm³/mol. The molecular formula is C18H29N3. The van der Waals surface area contributed by atoms with Crippen molar-refractivity contribution in [1.29, 1.82) is 0 Å². The molecule has 1 aromatic carbocycles. The number of rotatable bonds is 5. The minimum atomic E-state index is 0.193. The number of likely N-dealkylation sites (tertiary alicyclic amines) is 1. The van der Waals surface area contributed by atoms with Gasteiger partial charge in [-0.2, -0.15) is 0 Å². The first-order chi connectivity index (χ1) is 10.2. The zero-order valence-electron chi connectivity index (χ0n) is 13.3. The van der Waals surface area contributed by atoms with E-state index in [4.69, 9.17) is 5.73 Å². The van der Waals surface area contributed by atoms with Crippen molar-refractivity contribution >= 4 is 0 Å². The van der Waals surface area contributed by atoms with Gasteiger partial charge in [0.05, 0.1) is 0 Å². The third-order valence-corrected chi connectivity index (χ3v) is 5.63. The van der Waals surface area contributed by atoms with E-state index in [1.807, 2.05) is 0 Å². The van der Waals surface area contributed by atoms with Crippen LogP contribution in [0.15, 0.2) is 30.3 Å². The third kappa shape index (κ3) is 3.15. The molecule has 0 spiro atoms. The zero-order valence-corrected chi connectivity index (χ0v) is 13.3. The molecule has 1 unspecified atom stereocenters. The summed E-state index contributed by atoms with van der Waals surface area (Å²) >= 11 is 0. The lowest BCUT2D eigenvalue weighted by molar-refractivity contribution is -0.0171. The van der Waals surface area contributed by atoms with E-state index >= 15 is 0 Å². The van der Waals surface area contributed by atoms with Crippen LogP contribution in [0.2, 0.25) is 0 Å². The van der Waals surface area contributed by atoms with E-state index in [9.17, 15) is 0 Å². The summed E-state index contributed by atoms with van der Waals surface area (Å²) in [5.74, 6) is 0. The molecule has 116 valence electrons. The maximum absolute atomic E-state index is 6.24. The van der Waals surface area contributed by atoms with Gasteiger partial charge in [0.25, 0.3) is 0 Å². The Labute approximate surface area is 129 Å². The molecule has 0 aromatic heterocycles. The Bertz CT molecular complexity index is 443. The number of benzene rings is 1. The molecule has 1 aromatic rings. The molecule has 0 radical (unpaired) electrons. The lowest BCUT2D eigenvalue weighted by Gasteiger charge is -2.52. The molecule has 1 saturated heterocycles. The highest BCUT2D eigenvalue weighted by atomic mass is 15.3. The Hall–Kier alpha value is -0.900. The second-order valence-corrected chi connectivity index (χ2v) is 6.92. The molecular weight excluding hydrogens is 258 g/mol. The van der Waals surface area contributed by atoms with Crippen LogP contribution in [-0.4, -0.2) is 48.1 Å². The van der Waals surface area contributed by atoms with Crippen molar-refractivity contribution in [3.63, 3.8) is 0 Å². The van der Waals surface area contributed by atoms with Gasteiger partial charge in [-0.1, -0.05) is 36.8 Å². The maximum atomic E-state index is 6.24. The lowest BCUT2D eigenvalue weighted by Crippen LogP contribution is -2.64. The molecule has 1 aliphatic carbocycles. The average molecular weight is 287 g/mol. The second-order valence-electron chi connectivity index (χ2n) is 6.92. The highest BCUT2D eigenvalue weighted by Crippen LogP contribution is 2.34. The summed E-state index contributed by atoms with van der Waals surface area (Å²) in [4.78, 5) is 5.22. The molecule has 1 heterocycles. The fourth-order valence-electron chi connectivity index (χ4n) is 3.94. The summed E-state index contributed by atoms with van der Waals surface area (Å²) in [6.45, 7) is 4.16. The summed E-state index contributed by atoms with van der Waals surface area (Å²) in [5, 5.41) is 0. The SMILES string of the molecule is CN(C1CCC1)C1(CN)CCCN(Cc2ccccc2)C1. The Balaban J connectivity index is 1.68. The Morgan fingerprint density at radius 3 is 2.62 bits per heavy atom. The average Bonchev–Trinajstić information content (AvgIpc) is 2.46. The molecule has 2 fully saturated rings. The van der Waals surface area contributed by atoms with E-state index in [-0.39, 0.29) is 5.54 Å². The third-order valence-electron chi connectivity index (χ3n) is 5.63. The van der Waals surface area contributed by atoms with Gasteiger partial charge >= 0.3 is 0 Å². The van der Waals surface area contributed by atoms with Gasteiger partial charge in [-0.05, 0) is 44.8 Å². The van der Waals surface area contributed by atoms with Crippen molar-refractivity contribution in [1.82, 2.24) is 9.80 Å². The molecule has 2 N–H and O–H groups in total. The van der Waals surface area contributed by atoms with E-state index in [0.717, 1.165) is 25.7 Å². The number of hydrogen-bond acceptors (Lipinski definition) is 3. The van der Waals surface area contributed by atoms with Crippen LogP contribution in [0.25, 0.3) is 0 Å². The number of nitrogens with zero attached hydrogens (tertiary/aromatic N) is 2. The first kappa shape index (κ1) is 15.0. The molecule has 3 nitrogen and oxygen atoms in total. The van der Waals surface area contributed by atoms with Crippen molar-refractivity contribution in [2.75, 3.05) is 26.7 Å². The molecule has 1 saturated carbocycles. The smallest absolute Gasteiger partial charge is 0.0458 e. The van der Waals surface area contributed by atoms with Gasteiger partial charge in [0, 0.05) is 31.2 Å². The standard InChI is InChI=1S/C18H29N3/c1-20(17-9-5-10-17)18(14-19)11-6-12-21(15-18)13-16-7-3-2-4-8-16/h2-4,7-8,17H,5-6,9-15,19H2,1H3. The number of nitrogens with two attached hydrogens (primary N) is 1. The van der Waals surface area contributed by atoms with Crippen molar-refractivity contribution < 1.29 is 0 Å². The fourth-order valence-corrected chi connectivity index (χ4v) is 3.94. The van der Waals surface area contributed by atoms with Crippen LogP contribution >= 0.6 is 0 Å². The van der Waals surface area contributed by atoms with Crippen LogP contribution in [-0.2, 0) is 6.54 Å². The Morgan fingerprint density at radius 1 is 1.24 bits per heavy atom. The molecule has 3 rings (SSSR count). The monoisotopic (exact) mass is 287 g/mol. The molecule has 1 atom stereocenters. The van der Waals surface area contributed by atoms with Gasteiger partial charge in [0.15, 0.2) is 0 Å². The number of piperidine rings is 1. The first-order valence-electron chi connectivity index (χ1n) is 8.43. The summed E-state index contributed by atoms with van der Waals surface area (Å²) < 4.78 is 0. The van der Waals surface area contributed by atoms with E-state index in [0.29, 0.717) is 0 Å². The van der Waals surface area contributed by atoms with Gasteiger partial charge in [0.1, 0.15) is 0 Å². The number of likely N-dealkylation sites (N-methyl/N-ethyl adjacent to an activating group) is 1. The normalized spacial score (nSPS) is 27.8. The fraction of sp³-hybridized carbons (Fsp3) is 0.667. The van der Waals surface area contributed by atoms with Crippen LogP contribution in [0.1, 0.15) is 37.7 Å². The van der Waals surface area contributed by atoms with E-state index in [1.165, 1.54) is 44.2 Å². The first-order valence-corrected chi connectivity index (χ1v) is 8.43.